The standard InChI is InChI=1S/C19H26FNO3/c1-13(11-12-14-7-5-6-9-16(14)20)18(22)21-17-10-4-2-3-8-15(17)19(23)24/h5-7,9,13,15,17H,2-4,8,10-12H2,1H3,(H,21,22)(H,23,24)/t13?,15-,17+/m1/s1. The maximum atomic E-state index is 13.6. The van der Waals surface area contributed by atoms with Crippen molar-refractivity contribution in [2.75, 3.05) is 0 Å². The Hall–Kier alpha value is -1.91. The van der Waals surface area contributed by atoms with Crippen molar-refractivity contribution in [1.29, 1.82) is 0 Å². The summed E-state index contributed by atoms with van der Waals surface area (Å²) < 4.78 is 13.6. The Morgan fingerprint density at radius 1 is 1.25 bits per heavy atom. The van der Waals surface area contributed by atoms with Crippen LogP contribution in [0, 0.1) is 17.7 Å². The molecule has 0 saturated heterocycles. The van der Waals surface area contributed by atoms with Crippen LogP contribution in [0.3, 0.4) is 0 Å². The fraction of sp³-hybridized carbons (Fsp3) is 0.579. The number of aliphatic carboxylic acids is 1. The Morgan fingerprint density at radius 2 is 1.96 bits per heavy atom. The van der Waals surface area contributed by atoms with Gasteiger partial charge in [-0.1, -0.05) is 44.4 Å². The van der Waals surface area contributed by atoms with E-state index in [1.54, 1.807) is 18.2 Å². The van der Waals surface area contributed by atoms with Gasteiger partial charge >= 0.3 is 5.97 Å². The first-order chi connectivity index (χ1) is 11.5. The predicted molar refractivity (Wildman–Crippen MR) is 90.0 cm³/mol. The molecular weight excluding hydrogens is 309 g/mol. The van der Waals surface area contributed by atoms with E-state index in [1.807, 2.05) is 6.92 Å². The van der Waals surface area contributed by atoms with Crippen LogP contribution in [0.2, 0.25) is 0 Å². The minimum Gasteiger partial charge on any atom is -0.481 e. The highest BCUT2D eigenvalue weighted by Gasteiger charge is 2.31. The van der Waals surface area contributed by atoms with Crippen molar-refractivity contribution in [3.63, 3.8) is 0 Å². The summed E-state index contributed by atoms with van der Waals surface area (Å²) in [4.78, 5) is 23.8. The van der Waals surface area contributed by atoms with Crippen molar-refractivity contribution < 1.29 is 19.1 Å². The fourth-order valence-electron chi connectivity index (χ4n) is 3.31. The van der Waals surface area contributed by atoms with Gasteiger partial charge in [0.15, 0.2) is 0 Å². The molecule has 24 heavy (non-hydrogen) atoms. The first kappa shape index (κ1) is 18.4. The molecule has 0 aliphatic heterocycles. The molecule has 0 heterocycles. The van der Waals surface area contributed by atoms with E-state index in [2.05, 4.69) is 5.32 Å². The van der Waals surface area contributed by atoms with Crippen molar-refractivity contribution in [1.82, 2.24) is 5.32 Å². The molecule has 0 bridgehead atoms. The fourth-order valence-corrected chi connectivity index (χ4v) is 3.31. The van der Waals surface area contributed by atoms with Crippen LogP contribution in [0.4, 0.5) is 4.39 Å². The number of carboxylic acid groups (broad SMARTS) is 1. The second-order valence-corrected chi connectivity index (χ2v) is 6.73. The van der Waals surface area contributed by atoms with E-state index < -0.39 is 11.9 Å². The van der Waals surface area contributed by atoms with Gasteiger partial charge < -0.3 is 10.4 Å². The number of aryl methyl sites for hydroxylation is 1. The van der Waals surface area contributed by atoms with Crippen LogP contribution in [-0.4, -0.2) is 23.0 Å². The van der Waals surface area contributed by atoms with Gasteiger partial charge in [0.05, 0.1) is 5.92 Å². The number of hydrogen-bond acceptors (Lipinski definition) is 2. The average Bonchev–Trinajstić information content (AvgIpc) is 2.79. The lowest BCUT2D eigenvalue weighted by Gasteiger charge is -2.24. The quantitative estimate of drug-likeness (QED) is 0.781. The zero-order valence-corrected chi connectivity index (χ0v) is 14.1. The van der Waals surface area contributed by atoms with E-state index in [4.69, 9.17) is 0 Å². The molecule has 1 aromatic rings. The summed E-state index contributed by atoms with van der Waals surface area (Å²) >= 11 is 0. The molecule has 0 aromatic heterocycles. The van der Waals surface area contributed by atoms with Gasteiger partial charge in [-0.2, -0.15) is 0 Å². The first-order valence-electron chi connectivity index (χ1n) is 8.75. The Kier molecular flexibility index (Phi) is 6.76. The smallest absolute Gasteiger partial charge is 0.308 e. The molecular formula is C19H26FNO3. The third-order valence-corrected chi connectivity index (χ3v) is 4.91. The summed E-state index contributed by atoms with van der Waals surface area (Å²) in [6.45, 7) is 1.81. The average molecular weight is 335 g/mol. The Bertz CT molecular complexity index is 575. The van der Waals surface area contributed by atoms with Crippen molar-refractivity contribution >= 4 is 11.9 Å². The Morgan fingerprint density at radius 3 is 2.67 bits per heavy atom. The number of carbonyl (C=O) groups excluding carboxylic acids is 1. The van der Waals surface area contributed by atoms with Crippen LogP contribution in [-0.2, 0) is 16.0 Å². The van der Waals surface area contributed by atoms with E-state index in [0.29, 0.717) is 31.2 Å². The van der Waals surface area contributed by atoms with Gasteiger partial charge in [0.2, 0.25) is 5.91 Å². The van der Waals surface area contributed by atoms with Crippen molar-refractivity contribution in [2.45, 2.75) is 57.9 Å². The van der Waals surface area contributed by atoms with E-state index in [0.717, 1.165) is 19.3 Å². The number of hydrogen-bond donors (Lipinski definition) is 2. The summed E-state index contributed by atoms with van der Waals surface area (Å²) in [6, 6.07) is 6.28. The summed E-state index contributed by atoms with van der Waals surface area (Å²) in [6.07, 6.45) is 5.21. The van der Waals surface area contributed by atoms with Gasteiger partial charge in [-0.15, -0.1) is 0 Å². The maximum Gasteiger partial charge on any atom is 0.308 e. The lowest BCUT2D eigenvalue weighted by Crippen LogP contribution is -2.44. The summed E-state index contributed by atoms with van der Waals surface area (Å²) in [5.41, 5.74) is 0.607. The van der Waals surface area contributed by atoms with Crippen molar-refractivity contribution in [2.24, 2.45) is 11.8 Å². The minimum absolute atomic E-state index is 0.135. The van der Waals surface area contributed by atoms with Gasteiger partial charge in [0.25, 0.3) is 0 Å². The van der Waals surface area contributed by atoms with Crippen LogP contribution in [0.5, 0.6) is 0 Å². The van der Waals surface area contributed by atoms with Crippen LogP contribution in [0.15, 0.2) is 24.3 Å². The lowest BCUT2D eigenvalue weighted by atomic mass is 9.93. The number of carbonyl (C=O) groups is 2. The predicted octanol–water partition coefficient (Wildman–Crippen LogP) is 3.54. The summed E-state index contributed by atoms with van der Waals surface area (Å²) in [5.74, 6) is -2.00. The molecule has 3 atom stereocenters. The third kappa shape index (κ3) is 5.05. The van der Waals surface area contributed by atoms with Gasteiger partial charge in [0.1, 0.15) is 5.82 Å². The van der Waals surface area contributed by atoms with Crippen LogP contribution >= 0.6 is 0 Å². The molecule has 0 radical (unpaired) electrons. The van der Waals surface area contributed by atoms with Crippen molar-refractivity contribution in [3.8, 4) is 0 Å². The normalized spacial score (nSPS) is 22.4. The molecule has 1 amide bonds. The highest BCUT2D eigenvalue weighted by atomic mass is 19.1. The second kappa shape index (κ2) is 8.81. The second-order valence-electron chi connectivity index (χ2n) is 6.73. The lowest BCUT2D eigenvalue weighted by molar-refractivity contribution is -0.143. The number of nitrogens with one attached hydrogen (secondary N) is 1. The molecule has 1 aromatic carbocycles. The number of rotatable bonds is 6. The number of benzene rings is 1. The Balaban J connectivity index is 1.90. The third-order valence-electron chi connectivity index (χ3n) is 4.91. The van der Waals surface area contributed by atoms with E-state index >= 15 is 0 Å². The zero-order chi connectivity index (χ0) is 17.5. The van der Waals surface area contributed by atoms with Gasteiger partial charge in [-0.05, 0) is 37.3 Å². The number of halogens is 1. The van der Waals surface area contributed by atoms with E-state index in [1.165, 1.54) is 6.07 Å². The molecule has 2 rings (SSSR count). The first-order valence-corrected chi connectivity index (χ1v) is 8.75. The molecule has 1 unspecified atom stereocenters. The van der Waals surface area contributed by atoms with Gasteiger partial charge in [-0.25, -0.2) is 4.39 Å². The van der Waals surface area contributed by atoms with Gasteiger partial charge in [0, 0.05) is 12.0 Å². The minimum atomic E-state index is -0.832. The monoisotopic (exact) mass is 335 g/mol. The highest BCUT2D eigenvalue weighted by Crippen LogP contribution is 2.24. The molecule has 5 heteroatoms. The summed E-state index contributed by atoms with van der Waals surface area (Å²) in [5, 5.41) is 12.3. The molecule has 1 saturated carbocycles. The zero-order valence-electron chi connectivity index (χ0n) is 14.1. The number of amides is 1. The van der Waals surface area contributed by atoms with Crippen molar-refractivity contribution in [3.05, 3.63) is 35.6 Å². The van der Waals surface area contributed by atoms with Gasteiger partial charge in [-0.3, -0.25) is 9.59 Å². The molecule has 4 nitrogen and oxygen atoms in total. The number of carboxylic acids is 1. The maximum absolute atomic E-state index is 13.6. The van der Waals surface area contributed by atoms with Crippen LogP contribution in [0.1, 0.15) is 51.0 Å². The molecule has 1 aliphatic rings. The molecule has 2 N–H and O–H groups in total. The molecule has 0 spiro atoms. The van der Waals surface area contributed by atoms with Crippen LogP contribution in [0.25, 0.3) is 0 Å². The summed E-state index contributed by atoms with van der Waals surface area (Å²) in [7, 11) is 0. The largest absolute Gasteiger partial charge is 0.481 e. The topological polar surface area (TPSA) is 66.4 Å². The van der Waals surface area contributed by atoms with Crippen LogP contribution < -0.4 is 5.32 Å². The van der Waals surface area contributed by atoms with E-state index in [-0.39, 0.29) is 23.7 Å². The molecule has 1 aliphatic carbocycles. The molecule has 1 fully saturated rings. The molecule has 132 valence electrons. The highest BCUT2D eigenvalue weighted by molar-refractivity contribution is 5.80. The Labute approximate surface area is 142 Å². The van der Waals surface area contributed by atoms with E-state index in [9.17, 15) is 19.1 Å². The SMILES string of the molecule is CC(CCc1ccccc1F)C(=O)N[C@H]1CCCCC[C@H]1C(=O)O.